The maximum Gasteiger partial charge on any atom is 0.244 e. The van der Waals surface area contributed by atoms with Crippen LogP contribution in [0.25, 0.3) is 0 Å². The van der Waals surface area contributed by atoms with Gasteiger partial charge in [0.25, 0.3) is 0 Å². The number of benzene rings is 1. The van der Waals surface area contributed by atoms with E-state index in [0.717, 1.165) is 5.56 Å². The van der Waals surface area contributed by atoms with Gasteiger partial charge >= 0.3 is 0 Å². The fourth-order valence-electron chi connectivity index (χ4n) is 1.89. The van der Waals surface area contributed by atoms with Crippen molar-refractivity contribution in [3.63, 3.8) is 0 Å². The summed E-state index contributed by atoms with van der Waals surface area (Å²) < 4.78 is 1.55. The number of aromatic nitrogens is 2. The van der Waals surface area contributed by atoms with Crippen LogP contribution >= 0.6 is 0 Å². The molecule has 2 rings (SSSR count). The Bertz CT molecular complexity index is 550. The molecule has 2 N–H and O–H groups in total. The quantitative estimate of drug-likeness (QED) is 0.907. The minimum Gasteiger partial charge on any atom is -0.396 e. The van der Waals surface area contributed by atoms with Gasteiger partial charge in [0.1, 0.15) is 6.54 Å². The molecular weight excluding hydrogens is 240 g/mol. The van der Waals surface area contributed by atoms with Crippen LogP contribution in [0, 0.1) is 0 Å². The minimum absolute atomic E-state index is 0.000506. The van der Waals surface area contributed by atoms with E-state index in [1.807, 2.05) is 37.3 Å². The average Bonchev–Trinajstić information content (AvgIpc) is 2.83. The van der Waals surface area contributed by atoms with Gasteiger partial charge in [-0.3, -0.25) is 9.48 Å². The number of rotatable bonds is 4. The third-order valence-electron chi connectivity index (χ3n) is 3.21. The number of nitrogen functional groups attached to an aromatic ring is 1. The lowest BCUT2D eigenvalue weighted by atomic mass is 10.1. The van der Waals surface area contributed by atoms with Gasteiger partial charge in [-0.1, -0.05) is 30.3 Å². The lowest BCUT2D eigenvalue weighted by Crippen LogP contribution is -2.32. The first-order valence-corrected chi connectivity index (χ1v) is 6.16. The average molecular weight is 258 g/mol. The van der Waals surface area contributed by atoms with Gasteiger partial charge in [-0.05, 0) is 12.5 Å². The summed E-state index contributed by atoms with van der Waals surface area (Å²) in [6.07, 6.45) is 3.19. The van der Waals surface area contributed by atoms with E-state index in [1.165, 1.54) is 6.20 Å². The van der Waals surface area contributed by atoms with Gasteiger partial charge in [-0.25, -0.2) is 0 Å². The zero-order chi connectivity index (χ0) is 13.8. The molecule has 0 aliphatic carbocycles. The van der Waals surface area contributed by atoms with E-state index < -0.39 is 0 Å². The molecule has 0 bridgehead atoms. The Morgan fingerprint density at radius 3 is 2.68 bits per heavy atom. The van der Waals surface area contributed by atoms with Crippen LogP contribution in [0.5, 0.6) is 0 Å². The highest BCUT2D eigenvalue weighted by Gasteiger charge is 2.17. The van der Waals surface area contributed by atoms with Crippen molar-refractivity contribution in [1.29, 1.82) is 0 Å². The molecule has 0 saturated heterocycles. The van der Waals surface area contributed by atoms with Gasteiger partial charge in [0, 0.05) is 13.2 Å². The predicted octanol–water partition coefficient (Wildman–Crippen LogP) is 1.68. The summed E-state index contributed by atoms with van der Waals surface area (Å²) in [7, 11) is 1.80. The van der Waals surface area contributed by atoms with E-state index in [9.17, 15) is 4.79 Å². The van der Waals surface area contributed by atoms with Crippen molar-refractivity contribution in [3.05, 3.63) is 48.3 Å². The molecule has 1 aromatic heterocycles. The molecule has 0 spiro atoms. The Balaban J connectivity index is 2.03. The topological polar surface area (TPSA) is 64.2 Å². The number of carbonyl (C=O) groups excluding carboxylic acids is 1. The van der Waals surface area contributed by atoms with Crippen molar-refractivity contribution in [2.75, 3.05) is 12.8 Å². The molecule has 1 heterocycles. The number of hydrogen-bond acceptors (Lipinski definition) is 3. The standard InChI is InChI=1S/C14H18N4O/c1-11(12-6-4-3-5-7-12)17(2)14(19)10-18-9-13(15)8-16-18/h3-9,11H,10,15H2,1-2H3. The van der Waals surface area contributed by atoms with Gasteiger partial charge in [-0.2, -0.15) is 5.10 Å². The summed E-state index contributed by atoms with van der Waals surface area (Å²) in [6.45, 7) is 2.20. The third kappa shape index (κ3) is 3.13. The van der Waals surface area contributed by atoms with E-state index in [-0.39, 0.29) is 18.5 Å². The number of nitrogens with two attached hydrogens (primary N) is 1. The Morgan fingerprint density at radius 2 is 2.11 bits per heavy atom. The van der Waals surface area contributed by atoms with Crippen LogP contribution in [0.1, 0.15) is 18.5 Å². The minimum atomic E-state index is -0.000506. The molecule has 2 aromatic rings. The predicted molar refractivity (Wildman–Crippen MR) is 74.3 cm³/mol. The molecule has 1 unspecified atom stereocenters. The van der Waals surface area contributed by atoms with Crippen molar-refractivity contribution in [3.8, 4) is 0 Å². The summed E-state index contributed by atoms with van der Waals surface area (Å²) in [5.41, 5.74) is 7.24. The van der Waals surface area contributed by atoms with Crippen molar-refractivity contribution in [2.45, 2.75) is 19.5 Å². The highest BCUT2D eigenvalue weighted by atomic mass is 16.2. The van der Waals surface area contributed by atoms with Crippen molar-refractivity contribution in [1.82, 2.24) is 14.7 Å². The molecule has 1 amide bonds. The molecule has 1 aromatic carbocycles. The molecule has 0 fully saturated rings. The van der Waals surface area contributed by atoms with E-state index in [0.29, 0.717) is 5.69 Å². The summed E-state index contributed by atoms with van der Waals surface area (Å²) in [6, 6.07) is 9.96. The molecule has 0 aliphatic heterocycles. The van der Waals surface area contributed by atoms with Crippen LogP contribution in [0.2, 0.25) is 0 Å². The van der Waals surface area contributed by atoms with E-state index in [4.69, 9.17) is 5.73 Å². The van der Waals surface area contributed by atoms with Gasteiger partial charge in [0.15, 0.2) is 0 Å². The Labute approximate surface area is 112 Å². The number of carbonyl (C=O) groups is 1. The number of amides is 1. The monoisotopic (exact) mass is 258 g/mol. The molecule has 100 valence electrons. The molecule has 1 atom stereocenters. The molecule has 19 heavy (non-hydrogen) atoms. The lowest BCUT2D eigenvalue weighted by Gasteiger charge is -2.25. The highest BCUT2D eigenvalue weighted by Crippen LogP contribution is 2.18. The van der Waals surface area contributed by atoms with Crippen LogP contribution in [-0.2, 0) is 11.3 Å². The highest BCUT2D eigenvalue weighted by molar-refractivity contribution is 5.76. The van der Waals surface area contributed by atoms with Gasteiger partial charge in [-0.15, -0.1) is 0 Å². The second kappa shape index (κ2) is 5.56. The lowest BCUT2D eigenvalue weighted by molar-refractivity contribution is -0.132. The van der Waals surface area contributed by atoms with Crippen LogP contribution < -0.4 is 5.73 Å². The van der Waals surface area contributed by atoms with E-state index >= 15 is 0 Å². The molecule has 0 aliphatic rings. The second-order valence-corrected chi connectivity index (χ2v) is 4.56. The normalized spacial score (nSPS) is 12.1. The molecule has 5 nitrogen and oxygen atoms in total. The third-order valence-corrected chi connectivity index (χ3v) is 3.21. The zero-order valence-corrected chi connectivity index (χ0v) is 11.2. The molecular formula is C14H18N4O. The van der Waals surface area contributed by atoms with Crippen LogP contribution in [0.4, 0.5) is 5.69 Å². The second-order valence-electron chi connectivity index (χ2n) is 4.56. The summed E-state index contributed by atoms with van der Waals surface area (Å²) >= 11 is 0. The number of nitrogens with zero attached hydrogens (tertiary/aromatic N) is 3. The first kappa shape index (κ1) is 13.1. The fourth-order valence-corrected chi connectivity index (χ4v) is 1.89. The van der Waals surface area contributed by atoms with E-state index in [2.05, 4.69) is 5.10 Å². The van der Waals surface area contributed by atoms with Gasteiger partial charge < -0.3 is 10.6 Å². The van der Waals surface area contributed by atoms with Crippen molar-refractivity contribution in [2.24, 2.45) is 0 Å². The maximum atomic E-state index is 12.2. The smallest absolute Gasteiger partial charge is 0.244 e. The fraction of sp³-hybridized carbons (Fsp3) is 0.286. The summed E-state index contributed by atoms with van der Waals surface area (Å²) in [5, 5.41) is 4.01. The maximum absolute atomic E-state index is 12.2. The van der Waals surface area contributed by atoms with Crippen LogP contribution in [0.3, 0.4) is 0 Å². The summed E-state index contributed by atoms with van der Waals surface area (Å²) in [5.74, 6) is -0.000506. The van der Waals surface area contributed by atoms with Crippen LogP contribution in [-0.4, -0.2) is 27.6 Å². The Morgan fingerprint density at radius 1 is 1.42 bits per heavy atom. The molecule has 5 heteroatoms. The van der Waals surface area contributed by atoms with Gasteiger partial charge in [0.05, 0.1) is 17.9 Å². The van der Waals surface area contributed by atoms with Crippen molar-refractivity contribution < 1.29 is 4.79 Å². The van der Waals surface area contributed by atoms with Gasteiger partial charge in [0.2, 0.25) is 5.91 Å². The first-order valence-electron chi connectivity index (χ1n) is 6.16. The number of hydrogen-bond donors (Lipinski definition) is 1. The van der Waals surface area contributed by atoms with E-state index in [1.54, 1.807) is 22.8 Å². The largest absolute Gasteiger partial charge is 0.396 e. The Hall–Kier alpha value is -2.30. The molecule has 0 saturated carbocycles. The SMILES string of the molecule is CC(c1ccccc1)N(C)C(=O)Cn1cc(N)cn1. The first-order chi connectivity index (χ1) is 9.08. The number of anilines is 1. The number of likely N-dealkylation sites (N-methyl/N-ethyl adjacent to an activating group) is 1. The molecule has 0 radical (unpaired) electrons. The summed E-state index contributed by atoms with van der Waals surface area (Å²) in [4.78, 5) is 13.9. The van der Waals surface area contributed by atoms with Crippen molar-refractivity contribution >= 4 is 11.6 Å². The zero-order valence-electron chi connectivity index (χ0n) is 11.2. The van der Waals surface area contributed by atoms with Crippen LogP contribution in [0.15, 0.2) is 42.7 Å². The Kier molecular flexibility index (Phi) is 3.85.